The molecular formula is C15H14ClNO3. The van der Waals surface area contributed by atoms with Crippen LogP contribution in [0.15, 0.2) is 54.6 Å². The molecule has 0 bridgehead atoms. The fraction of sp³-hybridized carbons (Fsp3) is 0.200. The summed E-state index contributed by atoms with van der Waals surface area (Å²) in [5, 5.41) is 10.9. The number of hydrogen-bond acceptors (Lipinski definition) is 3. The Morgan fingerprint density at radius 2 is 1.80 bits per heavy atom. The molecule has 0 spiro atoms. The number of hydrogen-bond donors (Lipinski definition) is 0. The standard InChI is InChI=1S/C15H14ClNO3/c16-9-10-20-15(12-5-2-1-3-6-12)13-7-4-8-14(11-13)17(18)19/h1-8,11,15H,9-10H2. The third-order valence-corrected chi connectivity index (χ3v) is 3.00. The van der Waals surface area contributed by atoms with Gasteiger partial charge in [-0.15, -0.1) is 11.6 Å². The minimum atomic E-state index is -0.410. The normalized spacial score (nSPS) is 12.1. The molecule has 20 heavy (non-hydrogen) atoms. The first kappa shape index (κ1) is 14.5. The lowest BCUT2D eigenvalue weighted by Gasteiger charge is -2.18. The summed E-state index contributed by atoms with van der Waals surface area (Å²) in [5.41, 5.74) is 1.74. The first-order chi connectivity index (χ1) is 9.72. The Hall–Kier alpha value is -1.91. The molecule has 0 saturated heterocycles. The van der Waals surface area contributed by atoms with E-state index in [0.717, 1.165) is 11.1 Å². The van der Waals surface area contributed by atoms with Crippen molar-refractivity contribution in [2.24, 2.45) is 0 Å². The summed E-state index contributed by atoms with van der Waals surface area (Å²) in [6, 6.07) is 16.1. The molecule has 0 aromatic heterocycles. The Labute approximate surface area is 122 Å². The van der Waals surface area contributed by atoms with Gasteiger partial charge in [-0.2, -0.15) is 0 Å². The first-order valence-corrected chi connectivity index (χ1v) is 6.72. The minimum absolute atomic E-state index is 0.0536. The highest BCUT2D eigenvalue weighted by Crippen LogP contribution is 2.28. The van der Waals surface area contributed by atoms with Crippen LogP contribution in [-0.4, -0.2) is 17.4 Å². The van der Waals surface area contributed by atoms with Gasteiger partial charge in [0.2, 0.25) is 0 Å². The average Bonchev–Trinajstić information content (AvgIpc) is 2.49. The second kappa shape index (κ2) is 7.03. The molecule has 0 saturated carbocycles. The van der Waals surface area contributed by atoms with E-state index >= 15 is 0 Å². The van der Waals surface area contributed by atoms with E-state index in [9.17, 15) is 10.1 Å². The van der Waals surface area contributed by atoms with Crippen molar-refractivity contribution in [1.29, 1.82) is 0 Å². The van der Waals surface area contributed by atoms with Gasteiger partial charge in [0.05, 0.1) is 11.5 Å². The summed E-state index contributed by atoms with van der Waals surface area (Å²) in [6.07, 6.45) is -0.352. The summed E-state index contributed by atoms with van der Waals surface area (Å²) in [6.45, 7) is 0.379. The number of nitro benzene ring substituents is 1. The van der Waals surface area contributed by atoms with Crippen molar-refractivity contribution in [3.63, 3.8) is 0 Å². The molecular weight excluding hydrogens is 278 g/mol. The fourth-order valence-electron chi connectivity index (χ4n) is 1.98. The Morgan fingerprint density at radius 1 is 1.10 bits per heavy atom. The molecule has 0 N–H and O–H groups in total. The highest BCUT2D eigenvalue weighted by Gasteiger charge is 2.17. The SMILES string of the molecule is O=[N+]([O-])c1cccc(C(OCCCl)c2ccccc2)c1. The molecule has 2 aromatic rings. The van der Waals surface area contributed by atoms with E-state index in [1.165, 1.54) is 12.1 Å². The summed E-state index contributed by atoms with van der Waals surface area (Å²) in [7, 11) is 0. The number of halogens is 1. The zero-order chi connectivity index (χ0) is 14.4. The van der Waals surface area contributed by atoms with Crippen molar-refractivity contribution in [3.05, 3.63) is 75.8 Å². The zero-order valence-corrected chi connectivity index (χ0v) is 11.5. The van der Waals surface area contributed by atoms with Crippen molar-refractivity contribution in [3.8, 4) is 0 Å². The van der Waals surface area contributed by atoms with Crippen LogP contribution in [0, 0.1) is 10.1 Å². The maximum atomic E-state index is 10.9. The van der Waals surface area contributed by atoms with E-state index in [1.54, 1.807) is 6.07 Å². The third kappa shape index (κ3) is 3.56. The van der Waals surface area contributed by atoms with Crippen LogP contribution < -0.4 is 0 Å². The molecule has 1 atom stereocenters. The van der Waals surface area contributed by atoms with Gasteiger partial charge in [0.1, 0.15) is 6.10 Å². The van der Waals surface area contributed by atoms with Crippen molar-refractivity contribution in [1.82, 2.24) is 0 Å². The summed E-state index contributed by atoms with van der Waals surface area (Å²) < 4.78 is 5.74. The van der Waals surface area contributed by atoms with Crippen LogP contribution in [0.1, 0.15) is 17.2 Å². The predicted octanol–water partition coefficient (Wildman–Crippen LogP) is 3.94. The van der Waals surface area contributed by atoms with Crippen LogP contribution in [0.5, 0.6) is 0 Å². The highest BCUT2D eigenvalue weighted by atomic mass is 35.5. The number of ether oxygens (including phenoxy) is 1. The average molecular weight is 292 g/mol. The van der Waals surface area contributed by atoms with Crippen molar-refractivity contribution >= 4 is 17.3 Å². The van der Waals surface area contributed by atoms with Crippen LogP contribution in [0.25, 0.3) is 0 Å². The molecule has 2 rings (SSSR count). The number of benzene rings is 2. The fourth-order valence-corrected chi connectivity index (χ4v) is 2.07. The van der Waals surface area contributed by atoms with E-state index < -0.39 is 4.92 Å². The van der Waals surface area contributed by atoms with Crippen LogP contribution in [0.2, 0.25) is 0 Å². The van der Waals surface area contributed by atoms with Gasteiger partial charge >= 0.3 is 0 Å². The first-order valence-electron chi connectivity index (χ1n) is 6.19. The quantitative estimate of drug-likeness (QED) is 0.460. The van der Waals surface area contributed by atoms with E-state index in [4.69, 9.17) is 16.3 Å². The van der Waals surface area contributed by atoms with E-state index in [2.05, 4.69) is 0 Å². The van der Waals surface area contributed by atoms with Crippen molar-refractivity contribution < 1.29 is 9.66 Å². The molecule has 0 aliphatic carbocycles. The monoisotopic (exact) mass is 291 g/mol. The molecule has 104 valence electrons. The van der Waals surface area contributed by atoms with Gasteiger partial charge in [0, 0.05) is 18.0 Å². The molecule has 4 nitrogen and oxygen atoms in total. The van der Waals surface area contributed by atoms with E-state index in [-0.39, 0.29) is 11.8 Å². The summed E-state index contributed by atoms with van der Waals surface area (Å²) in [4.78, 5) is 10.5. The summed E-state index contributed by atoms with van der Waals surface area (Å²) in [5.74, 6) is 0.373. The lowest BCUT2D eigenvalue weighted by atomic mass is 10.0. The maximum absolute atomic E-state index is 10.9. The van der Waals surface area contributed by atoms with Crippen molar-refractivity contribution in [2.75, 3.05) is 12.5 Å². The minimum Gasteiger partial charge on any atom is -0.368 e. The second-order valence-corrected chi connectivity index (χ2v) is 4.58. The molecule has 0 radical (unpaired) electrons. The lowest BCUT2D eigenvalue weighted by Crippen LogP contribution is -2.08. The molecule has 0 amide bonds. The largest absolute Gasteiger partial charge is 0.368 e. The van der Waals surface area contributed by atoms with Gasteiger partial charge in [-0.25, -0.2) is 0 Å². The molecule has 2 aromatic carbocycles. The maximum Gasteiger partial charge on any atom is 0.269 e. The predicted molar refractivity (Wildman–Crippen MR) is 78.1 cm³/mol. The summed E-state index contributed by atoms with van der Waals surface area (Å²) >= 11 is 5.67. The molecule has 0 heterocycles. The van der Waals surface area contributed by atoms with Crippen LogP contribution in [-0.2, 0) is 4.74 Å². The van der Waals surface area contributed by atoms with Gasteiger partial charge in [-0.3, -0.25) is 10.1 Å². The van der Waals surface area contributed by atoms with Crippen LogP contribution in [0.4, 0.5) is 5.69 Å². The van der Waals surface area contributed by atoms with Gasteiger partial charge in [0.15, 0.2) is 0 Å². The van der Waals surface area contributed by atoms with E-state index in [0.29, 0.717) is 12.5 Å². The number of non-ortho nitro benzene ring substituents is 1. The van der Waals surface area contributed by atoms with Crippen molar-refractivity contribution in [2.45, 2.75) is 6.10 Å². The van der Waals surface area contributed by atoms with Gasteiger partial charge in [-0.1, -0.05) is 42.5 Å². The molecule has 0 aliphatic heterocycles. The highest BCUT2D eigenvalue weighted by molar-refractivity contribution is 6.17. The van der Waals surface area contributed by atoms with Gasteiger partial charge < -0.3 is 4.74 Å². The Balaban J connectivity index is 2.36. The Bertz CT molecular complexity index is 574. The Kier molecular flexibility index (Phi) is 5.09. The Morgan fingerprint density at radius 3 is 2.45 bits per heavy atom. The van der Waals surface area contributed by atoms with Gasteiger partial charge in [0.25, 0.3) is 5.69 Å². The molecule has 1 unspecified atom stereocenters. The third-order valence-electron chi connectivity index (χ3n) is 2.85. The molecule has 5 heteroatoms. The van der Waals surface area contributed by atoms with Gasteiger partial charge in [-0.05, 0) is 11.1 Å². The van der Waals surface area contributed by atoms with Crippen LogP contribution in [0.3, 0.4) is 0 Å². The number of rotatable bonds is 6. The lowest BCUT2D eigenvalue weighted by molar-refractivity contribution is -0.385. The topological polar surface area (TPSA) is 52.4 Å². The number of alkyl halides is 1. The van der Waals surface area contributed by atoms with Crippen LogP contribution >= 0.6 is 11.6 Å². The van der Waals surface area contributed by atoms with E-state index in [1.807, 2.05) is 36.4 Å². The number of nitro groups is 1. The zero-order valence-electron chi connectivity index (χ0n) is 10.7. The number of nitrogens with zero attached hydrogens (tertiary/aromatic N) is 1. The second-order valence-electron chi connectivity index (χ2n) is 4.20. The smallest absolute Gasteiger partial charge is 0.269 e. The molecule has 0 fully saturated rings. The molecule has 0 aliphatic rings.